The molecule has 1 amide bonds. The number of carbonyl (C=O) groups excluding carboxylic acids is 1. The minimum Gasteiger partial charge on any atom is -0.356 e. The zero-order valence-electron chi connectivity index (χ0n) is 6.71. The molecule has 0 atom stereocenters. The van der Waals surface area contributed by atoms with Crippen LogP contribution >= 0.6 is 0 Å². The lowest BCUT2D eigenvalue weighted by molar-refractivity contribution is -0.118. The molecule has 0 radical (unpaired) electrons. The Bertz CT molecular complexity index is 161. The van der Waals surface area contributed by atoms with E-state index in [2.05, 4.69) is 15.5 Å². The van der Waals surface area contributed by atoms with Crippen LogP contribution in [0.3, 0.4) is 0 Å². The van der Waals surface area contributed by atoms with Crippen LogP contribution in [0, 0.1) is 0 Å². The van der Waals surface area contributed by atoms with Gasteiger partial charge in [-0.2, -0.15) is 10.2 Å². The molecule has 0 bridgehead atoms. The second-order valence-corrected chi connectivity index (χ2v) is 2.69. The van der Waals surface area contributed by atoms with Crippen molar-refractivity contribution >= 4 is 5.91 Å². The summed E-state index contributed by atoms with van der Waals surface area (Å²) in [5.41, 5.74) is 0. The maximum Gasteiger partial charge on any atom is 0.216 e. The average Bonchev–Trinajstić information content (AvgIpc) is 2.70. The number of hydrogen-bond donors (Lipinski definition) is 1. The summed E-state index contributed by atoms with van der Waals surface area (Å²) in [5, 5.41) is 10.3. The maximum absolute atomic E-state index is 10.4. The molecule has 0 fully saturated rings. The summed E-state index contributed by atoms with van der Waals surface area (Å²) in [6.07, 6.45) is 3.45. The molecule has 1 aliphatic rings. The Morgan fingerprint density at radius 3 is 2.73 bits per heavy atom. The number of nitrogens with zero attached hydrogens (tertiary/aromatic N) is 2. The van der Waals surface area contributed by atoms with Crippen LogP contribution in [0.1, 0.15) is 26.2 Å². The molecule has 62 valence electrons. The van der Waals surface area contributed by atoms with Crippen LogP contribution < -0.4 is 5.32 Å². The first-order chi connectivity index (χ1) is 5.29. The number of hydrogen-bond acceptors (Lipinski definition) is 3. The molecule has 0 aromatic rings. The van der Waals surface area contributed by atoms with E-state index in [1.807, 2.05) is 0 Å². The van der Waals surface area contributed by atoms with Crippen molar-refractivity contribution in [2.24, 2.45) is 10.2 Å². The minimum atomic E-state index is 0.0470. The molecule has 1 N–H and O–H groups in total. The van der Waals surface area contributed by atoms with Crippen molar-refractivity contribution in [2.75, 3.05) is 6.54 Å². The van der Waals surface area contributed by atoms with Crippen molar-refractivity contribution in [2.45, 2.75) is 32.4 Å². The van der Waals surface area contributed by atoms with Gasteiger partial charge in [0.1, 0.15) is 0 Å². The van der Waals surface area contributed by atoms with Crippen molar-refractivity contribution in [3.63, 3.8) is 0 Å². The molecule has 0 aliphatic carbocycles. The standard InChI is InChI=1S/C7H13N3O/c1-6(11)8-5-3-2-4-7-9-10-7/h7H,2-5H2,1H3,(H,8,11). The third-order valence-corrected chi connectivity index (χ3v) is 1.54. The van der Waals surface area contributed by atoms with Gasteiger partial charge in [-0.3, -0.25) is 4.79 Å². The molecule has 11 heavy (non-hydrogen) atoms. The van der Waals surface area contributed by atoms with E-state index in [-0.39, 0.29) is 12.1 Å². The molecule has 0 saturated carbocycles. The summed E-state index contributed by atoms with van der Waals surface area (Å²) < 4.78 is 0. The van der Waals surface area contributed by atoms with Crippen molar-refractivity contribution in [3.05, 3.63) is 0 Å². The van der Waals surface area contributed by atoms with Crippen LogP contribution in [-0.4, -0.2) is 18.6 Å². The number of amides is 1. The van der Waals surface area contributed by atoms with E-state index >= 15 is 0 Å². The highest BCUT2D eigenvalue weighted by Crippen LogP contribution is 2.16. The molecule has 0 saturated heterocycles. The minimum absolute atomic E-state index is 0.0470. The van der Waals surface area contributed by atoms with Crippen LogP contribution in [0.15, 0.2) is 10.2 Å². The van der Waals surface area contributed by atoms with Crippen LogP contribution in [-0.2, 0) is 4.79 Å². The second-order valence-electron chi connectivity index (χ2n) is 2.69. The van der Waals surface area contributed by atoms with Crippen LogP contribution in [0.2, 0.25) is 0 Å². The normalized spacial score (nSPS) is 15.0. The fraction of sp³-hybridized carbons (Fsp3) is 0.857. The molecule has 0 unspecified atom stereocenters. The Morgan fingerprint density at radius 2 is 2.18 bits per heavy atom. The highest BCUT2D eigenvalue weighted by atomic mass is 16.1. The van der Waals surface area contributed by atoms with Crippen LogP contribution in [0.4, 0.5) is 0 Å². The topological polar surface area (TPSA) is 53.8 Å². The molecule has 0 aromatic heterocycles. The zero-order chi connectivity index (χ0) is 8.10. The van der Waals surface area contributed by atoms with Gasteiger partial charge in [-0.25, -0.2) is 0 Å². The lowest BCUT2D eigenvalue weighted by atomic mass is 10.2. The van der Waals surface area contributed by atoms with Crippen molar-refractivity contribution in [1.82, 2.24) is 5.32 Å². The second kappa shape index (κ2) is 4.05. The largest absolute Gasteiger partial charge is 0.356 e. The van der Waals surface area contributed by atoms with Gasteiger partial charge in [0.25, 0.3) is 0 Å². The van der Waals surface area contributed by atoms with Gasteiger partial charge in [-0.05, 0) is 19.3 Å². The van der Waals surface area contributed by atoms with Crippen LogP contribution in [0.5, 0.6) is 0 Å². The number of rotatable bonds is 5. The Morgan fingerprint density at radius 1 is 1.45 bits per heavy atom. The van der Waals surface area contributed by atoms with Crippen molar-refractivity contribution in [1.29, 1.82) is 0 Å². The SMILES string of the molecule is CC(=O)NCCCCC1N=N1. The number of carbonyl (C=O) groups is 1. The average molecular weight is 155 g/mol. The third-order valence-electron chi connectivity index (χ3n) is 1.54. The molecule has 0 spiro atoms. The summed E-state index contributed by atoms with van der Waals surface area (Å²) in [4.78, 5) is 10.4. The molecule has 4 heteroatoms. The van der Waals surface area contributed by atoms with E-state index in [0.717, 1.165) is 25.8 Å². The van der Waals surface area contributed by atoms with Crippen molar-refractivity contribution in [3.8, 4) is 0 Å². The predicted molar refractivity (Wildman–Crippen MR) is 41.2 cm³/mol. The monoisotopic (exact) mass is 155 g/mol. The summed E-state index contributed by atoms with van der Waals surface area (Å²) in [6, 6.07) is 0. The zero-order valence-corrected chi connectivity index (χ0v) is 6.71. The van der Waals surface area contributed by atoms with Gasteiger partial charge in [0.05, 0.1) is 0 Å². The van der Waals surface area contributed by atoms with E-state index in [0.29, 0.717) is 0 Å². The lowest BCUT2D eigenvalue weighted by Crippen LogP contribution is -2.20. The Kier molecular flexibility index (Phi) is 3.01. The van der Waals surface area contributed by atoms with Gasteiger partial charge in [0, 0.05) is 13.5 Å². The molecule has 1 aliphatic heterocycles. The molecular formula is C7H13N3O. The molecule has 1 heterocycles. The van der Waals surface area contributed by atoms with Crippen molar-refractivity contribution < 1.29 is 4.79 Å². The molecular weight excluding hydrogens is 142 g/mol. The first-order valence-electron chi connectivity index (χ1n) is 3.93. The third kappa shape index (κ3) is 4.47. The lowest BCUT2D eigenvalue weighted by Gasteiger charge is -1.99. The summed E-state index contributed by atoms with van der Waals surface area (Å²) in [5.74, 6) is 0.0470. The number of unbranched alkanes of at least 4 members (excludes halogenated alkanes) is 1. The molecule has 4 nitrogen and oxygen atoms in total. The quantitative estimate of drug-likeness (QED) is 0.593. The summed E-state index contributed by atoms with van der Waals surface area (Å²) in [7, 11) is 0. The number of nitrogens with one attached hydrogen (secondary N) is 1. The van der Waals surface area contributed by atoms with E-state index in [9.17, 15) is 4.79 Å². The van der Waals surface area contributed by atoms with Gasteiger partial charge in [0.15, 0.2) is 6.17 Å². The van der Waals surface area contributed by atoms with Gasteiger partial charge in [-0.1, -0.05) is 0 Å². The highest BCUT2D eigenvalue weighted by Gasteiger charge is 2.13. The smallest absolute Gasteiger partial charge is 0.216 e. The molecule has 0 aromatic carbocycles. The fourth-order valence-electron chi connectivity index (χ4n) is 0.879. The summed E-state index contributed by atoms with van der Waals surface area (Å²) >= 11 is 0. The molecule has 1 rings (SSSR count). The van der Waals surface area contributed by atoms with E-state index < -0.39 is 0 Å². The Hall–Kier alpha value is -0.930. The first-order valence-corrected chi connectivity index (χ1v) is 3.93. The predicted octanol–water partition coefficient (Wildman–Crippen LogP) is 1.08. The fourth-order valence-corrected chi connectivity index (χ4v) is 0.879. The Labute approximate surface area is 66.1 Å². The van der Waals surface area contributed by atoms with Gasteiger partial charge in [0.2, 0.25) is 5.91 Å². The van der Waals surface area contributed by atoms with Gasteiger partial charge in [-0.15, -0.1) is 0 Å². The van der Waals surface area contributed by atoms with E-state index in [1.54, 1.807) is 0 Å². The van der Waals surface area contributed by atoms with Gasteiger partial charge >= 0.3 is 0 Å². The van der Waals surface area contributed by atoms with E-state index in [4.69, 9.17) is 0 Å². The van der Waals surface area contributed by atoms with Crippen LogP contribution in [0.25, 0.3) is 0 Å². The summed E-state index contributed by atoms with van der Waals surface area (Å²) in [6.45, 7) is 2.31. The first kappa shape index (κ1) is 8.17. The maximum atomic E-state index is 10.4. The van der Waals surface area contributed by atoms with Gasteiger partial charge < -0.3 is 5.32 Å². The van der Waals surface area contributed by atoms with E-state index in [1.165, 1.54) is 6.92 Å². The Balaban J connectivity index is 1.76. The highest BCUT2D eigenvalue weighted by molar-refractivity contribution is 5.72.